The topological polar surface area (TPSA) is 56.7 Å². The van der Waals surface area contributed by atoms with Crippen molar-refractivity contribution in [3.05, 3.63) is 78.9 Å². The molecular weight excluding hydrogens is 410 g/mol. The van der Waals surface area contributed by atoms with Crippen molar-refractivity contribution < 1.29 is 13.2 Å². The number of furan rings is 1. The Morgan fingerprint density at radius 2 is 1.75 bits per heavy atom. The highest BCUT2D eigenvalue weighted by Crippen LogP contribution is 2.38. The van der Waals surface area contributed by atoms with Gasteiger partial charge in [0, 0.05) is 36.4 Å². The molecule has 0 aliphatic heterocycles. The molecule has 0 N–H and O–H groups in total. The lowest BCUT2D eigenvalue weighted by atomic mass is 9.91. The zero-order valence-electron chi connectivity index (χ0n) is 17.0. The quantitative estimate of drug-likeness (QED) is 0.340. The van der Waals surface area contributed by atoms with Crippen molar-refractivity contribution in [1.82, 2.24) is 19.7 Å². The fraction of sp³-hybridized carbons (Fsp3) is 0.160. The summed E-state index contributed by atoms with van der Waals surface area (Å²) in [7, 11) is 0. The minimum absolute atomic E-state index is 0.00465. The number of hydrogen-bond acceptors (Lipinski definition) is 4. The first-order valence-corrected chi connectivity index (χ1v) is 10.5. The van der Waals surface area contributed by atoms with Gasteiger partial charge in [-0.1, -0.05) is 30.3 Å². The Morgan fingerprint density at radius 3 is 2.50 bits per heavy atom. The SMILES string of the molecule is Fc1ccc(-c2nn(C3CC(F)C3)cc2-c2ncc3cc(-c4ccccc4)oc3n2)cc1. The smallest absolute Gasteiger partial charge is 0.230 e. The Labute approximate surface area is 182 Å². The summed E-state index contributed by atoms with van der Waals surface area (Å²) in [4.78, 5) is 9.19. The Morgan fingerprint density at radius 1 is 0.969 bits per heavy atom. The fourth-order valence-electron chi connectivity index (χ4n) is 4.01. The predicted octanol–water partition coefficient (Wildman–Crippen LogP) is 6.23. The number of fused-ring (bicyclic) bond motifs is 1. The van der Waals surface area contributed by atoms with Gasteiger partial charge >= 0.3 is 0 Å². The first-order valence-electron chi connectivity index (χ1n) is 10.5. The molecule has 1 aliphatic rings. The van der Waals surface area contributed by atoms with Crippen LogP contribution in [0.3, 0.4) is 0 Å². The van der Waals surface area contributed by atoms with E-state index < -0.39 is 6.17 Å². The Balaban J connectivity index is 1.45. The molecule has 158 valence electrons. The molecule has 5 nitrogen and oxygen atoms in total. The normalized spacial score (nSPS) is 18.1. The van der Waals surface area contributed by atoms with Gasteiger partial charge in [0.15, 0.2) is 5.82 Å². The highest BCUT2D eigenvalue weighted by molar-refractivity contribution is 5.83. The predicted molar refractivity (Wildman–Crippen MR) is 117 cm³/mol. The summed E-state index contributed by atoms with van der Waals surface area (Å²) in [5.41, 5.74) is 3.49. The van der Waals surface area contributed by atoms with Crippen LogP contribution in [0.5, 0.6) is 0 Å². The number of alkyl halides is 1. The molecule has 0 radical (unpaired) electrons. The van der Waals surface area contributed by atoms with E-state index in [0.717, 1.165) is 16.5 Å². The lowest BCUT2D eigenvalue weighted by molar-refractivity contribution is 0.128. The molecule has 0 spiro atoms. The molecule has 5 aromatic rings. The van der Waals surface area contributed by atoms with E-state index in [4.69, 9.17) is 9.52 Å². The van der Waals surface area contributed by atoms with Crippen molar-refractivity contribution in [2.75, 3.05) is 0 Å². The maximum atomic E-state index is 13.5. The van der Waals surface area contributed by atoms with Crippen molar-refractivity contribution in [2.24, 2.45) is 0 Å². The number of hydrogen-bond donors (Lipinski definition) is 0. The van der Waals surface area contributed by atoms with E-state index in [1.165, 1.54) is 12.1 Å². The van der Waals surface area contributed by atoms with E-state index in [0.29, 0.717) is 41.4 Å². The van der Waals surface area contributed by atoms with Crippen molar-refractivity contribution in [2.45, 2.75) is 25.1 Å². The minimum Gasteiger partial charge on any atom is -0.438 e. The number of benzene rings is 2. The highest BCUT2D eigenvalue weighted by Gasteiger charge is 2.32. The van der Waals surface area contributed by atoms with E-state index >= 15 is 0 Å². The zero-order chi connectivity index (χ0) is 21.7. The monoisotopic (exact) mass is 428 g/mol. The molecule has 2 aromatic carbocycles. The summed E-state index contributed by atoms with van der Waals surface area (Å²) < 4.78 is 34.7. The molecule has 3 heterocycles. The maximum Gasteiger partial charge on any atom is 0.230 e. The van der Waals surface area contributed by atoms with E-state index in [1.54, 1.807) is 23.0 Å². The zero-order valence-corrected chi connectivity index (χ0v) is 17.0. The van der Waals surface area contributed by atoms with Gasteiger partial charge < -0.3 is 4.42 Å². The third kappa shape index (κ3) is 3.26. The lowest BCUT2D eigenvalue weighted by Crippen LogP contribution is -2.28. The van der Waals surface area contributed by atoms with Gasteiger partial charge in [-0.15, -0.1) is 0 Å². The molecule has 32 heavy (non-hydrogen) atoms. The van der Waals surface area contributed by atoms with Crippen LogP contribution in [-0.4, -0.2) is 25.9 Å². The second-order valence-electron chi connectivity index (χ2n) is 8.03. The molecular formula is C25H18F2N4O. The van der Waals surface area contributed by atoms with Crippen LogP contribution in [0.4, 0.5) is 8.78 Å². The molecule has 0 unspecified atom stereocenters. The Hall–Kier alpha value is -3.87. The minimum atomic E-state index is -0.797. The standard InChI is InChI=1S/C25H18F2N4O/c26-18-8-6-16(7-9-18)23-21(14-31(30-23)20-11-19(27)12-20)24-28-13-17-10-22(32-25(17)29-24)15-4-2-1-3-5-15/h1-10,13-14,19-20H,11-12H2. The largest absolute Gasteiger partial charge is 0.438 e. The molecule has 1 fully saturated rings. The van der Waals surface area contributed by atoms with Crippen LogP contribution >= 0.6 is 0 Å². The molecule has 1 aliphatic carbocycles. The van der Waals surface area contributed by atoms with Crippen molar-refractivity contribution in [3.63, 3.8) is 0 Å². The third-order valence-electron chi connectivity index (χ3n) is 5.85. The van der Waals surface area contributed by atoms with Crippen molar-refractivity contribution in [3.8, 4) is 34.0 Å². The Bertz CT molecular complexity index is 1400. The third-order valence-corrected chi connectivity index (χ3v) is 5.85. The molecule has 0 amide bonds. The van der Waals surface area contributed by atoms with Crippen LogP contribution in [-0.2, 0) is 0 Å². The second-order valence-corrected chi connectivity index (χ2v) is 8.03. The molecule has 6 rings (SSSR count). The molecule has 7 heteroatoms. The summed E-state index contributed by atoms with van der Waals surface area (Å²) in [5.74, 6) is 0.841. The van der Waals surface area contributed by atoms with Crippen LogP contribution in [0.15, 0.2) is 77.5 Å². The average Bonchev–Trinajstić information content (AvgIpc) is 3.42. The highest BCUT2D eigenvalue weighted by atomic mass is 19.1. The van der Waals surface area contributed by atoms with E-state index in [-0.39, 0.29) is 11.9 Å². The van der Waals surface area contributed by atoms with Gasteiger partial charge in [0.05, 0.1) is 17.0 Å². The van der Waals surface area contributed by atoms with Crippen molar-refractivity contribution >= 4 is 11.1 Å². The first-order chi connectivity index (χ1) is 15.6. The van der Waals surface area contributed by atoms with Crippen LogP contribution in [0, 0.1) is 5.82 Å². The van der Waals surface area contributed by atoms with Crippen LogP contribution in [0.1, 0.15) is 18.9 Å². The summed E-state index contributed by atoms with van der Waals surface area (Å²) in [6.45, 7) is 0. The van der Waals surface area contributed by atoms with Gasteiger partial charge in [0.2, 0.25) is 5.71 Å². The maximum absolute atomic E-state index is 13.5. The van der Waals surface area contributed by atoms with E-state index in [9.17, 15) is 8.78 Å². The van der Waals surface area contributed by atoms with Gasteiger partial charge in [-0.05, 0) is 30.3 Å². The molecule has 3 aromatic heterocycles. The second kappa shape index (κ2) is 7.37. The molecule has 1 saturated carbocycles. The molecule has 0 bridgehead atoms. The van der Waals surface area contributed by atoms with Crippen molar-refractivity contribution in [1.29, 1.82) is 0 Å². The molecule has 0 atom stereocenters. The van der Waals surface area contributed by atoms with Gasteiger partial charge in [0.1, 0.15) is 23.4 Å². The number of halogens is 2. The summed E-state index contributed by atoms with van der Waals surface area (Å²) in [5, 5.41) is 5.49. The fourth-order valence-corrected chi connectivity index (χ4v) is 4.01. The van der Waals surface area contributed by atoms with Crippen LogP contribution < -0.4 is 0 Å². The summed E-state index contributed by atoms with van der Waals surface area (Å²) in [6.07, 6.45) is 3.64. The lowest BCUT2D eigenvalue weighted by Gasteiger charge is -2.29. The number of nitrogens with zero attached hydrogens (tertiary/aromatic N) is 4. The van der Waals surface area contributed by atoms with E-state index in [2.05, 4.69) is 9.97 Å². The van der Waals surface area contributed by atoms with Gasteiger partial charge in [0.25, 0.3) is 0 Å². The summed E-state index contributed by atoms with van der Waals surface area (Å²) >= 11 is 0. The first kappa shape index (κ1) is 18.9. The van der Waals surface area contributed by atoms with E-state index in [1.807, 2.05) is 42.6 Å². The molecule has 0 saturated heterocycles. The Kier molecular flexibility index (Phi) is 4.35. The van der Waals surface area contributed by atoms with Crippen LogP contribution in [0.2, 0.25) is 0 Å². The van der Waals surface area contributed by atoms with Gasteiger partial charge in [-0.3, -0.25) is 4.68 Å². The average molecular weight is 428 g/mol. The van der Waals surface area contributed by atoms with Crippen LogP contribution in [0.25, 0.3) is 45.1 Å². The number of rotatable bonds is 4. The van der Waals surface area contributed by atoms with Gasteiger partial charge in [-0.2, -0.15) is 10.1 Å². The number of aromatic nitrogens is 4. The summed E-state index contributed by atoms with van der Waals surface area (Å²) in [6, 6.07) is 17.8. The van der Waals surface area contributed by atoms with Gasteiger partial charge in [-0.25, -0.2) is 13.8 Å².